The van der Waals surface area contributed by atoms with E-state index in [9.17, 15) is 14.0 Å². The summed E-state index contributed by atoms with van der Waals surface area (Å²) < 4.78 is 19.2. The van der Waals surface area contributed by atoms with Gasteiger partial charge in [0.15, 0.2) is 0 Å². The van der Waals surface area contributed by atoms with Crippen molar-refractivity contribution in [1.82, 2.24) is 4.90 Å². The summed E-state index contributed by atoms with van der Waals surface area (Å²) in [6, 6.07) is 13.5. The Balaban J connectivity index is 1.67. The lowest BCUT2D eigenvalue weighted by atomic mass is 10.2. The van der Waals surface area contributed by atoms with Gasteiger partial charge < -0.3 is 4.74 Å². The van der Waals surface area contributed by atoms with Crippen molar-refractivity contribution in [1.29, 1.82) is 0 Å². The van der Waals surface area contributed by atoms with Crippen molar-refractivity contribution in [2.24, 2.45) is 0 Å². The molecule has 0 aliphatic carbocycles. The van der Waals surface area contributed by atoms with Crippen LogP contribution in [0.1, 0.15) is 31.4 Å². The molecule has 1 fully saturated rings. The zero-order valence-electron chi connectivity index (χ0n) is 15.1. The number of carbonyl (C=O) groups excluding carboxylic acids is 2. The molecule has 1 aliphatic heterocycles. The first-order valence-corrected chi connectivity index (χ1v) is 9.54. The molecule has 6 heteroatoms. The predicted octanol–water partition coefficient (Wildman–Crippen LogP) is 5.24. The molecular formula is C21H20FNO3S. The fourth-order valence-electron chi connectivity index (χ4n) is 2.63. The van der Waals surface area contributed by atoms with E-state index in [1.807, 2.05) is 13.8 Å². The molecule has 2 amide bonds. The number of halogens is 1. The number of ether oxygens (including phenoxy) is 1. The second kappa shape index (κ2) is 8.39. The fraction of sp³-hybridized carbons (Fsp3) is 0.238. The lowest BCUT2D eigenvalue weighted by Gasteiger charge is -2.19. The van der Waals surface area contributed by atoms with Gasteiger partial charge in [0.2, 0.25) is 0 Å². The Kier molecular flexibility index (Phi) is 5.96. The van der Waals surface area contributed by atoms with E-state index in [1.165, 1.54) is 11.0 Å². The molecule has 27 heavy (non-hydrogen) atoms. The molecule has 4 nitrogen and oxygen atoms in total. The topological polar surface area (TPSA) is 46.6 Å². The van der Waals surface area contributed by atoms with E-state index >= 15 is 0 Å². The molecule has 0 saturated carbocycles. The van der Waals surface area contributed by atoms with Crippen molar-refractivity contribution in [2.45, 2.75) is 32.9 Å². The second-order valence-electron chi connectivity index (χ2n) is 6.26. The molecule has 0 radical (unpaired) electrons. The maximum Gasteiger partial charge on any atom is 0.293 e. The van der Waals surface area contributed by atoms with Crippen LogP contribution in [0.2, 0.25) is 0 Å². The van der Waals surface area contributed by atoms with Crippen molar-refractivity contribution < 1.29 is 18.7 Å². The number of hydrogen-bond donors (Lipinski definition) is 0. The molecule has 1 saturated heterocycles. The molecule has 3 rings (SSSR count). The average Bonchev–Trinajstić information content (AvgIpc) is 2.95. The standard InChI is InChI=1S/C21H20FNO3S/c1-3-14(2)23-20(24)19(27-21(23)25)12-15-8-10-17(11-9-15)26-13-16-6-4-5-7-18(16)22/h4-12,14H,3,13H2,1-2H3/b19-12+/t14-/m1/s1. The molecule has 140 valence electrons. The van der Waals surface area contributed by atoms with E-state index in [2.05, 4.69) is 0 Å². The first kappa shape index (κ1) is 19.2. The number of amides is 2. The van der Waals surface area contributed by atoms with Crippen LogP contribution < -0.4 is 4.74 Å². The summed E-state index contributed by atoms with van der Waals surface area (Å²) in [6.07, 6.45) is 2.42. The molecule has 0 bridgehead atoms. The first-order valence-electron chi connectivity index (χ1n) is 8.73. The van der Waals surface area contributed by atoms with E-state index < -0.39 is 0 Å². The van der Waals surface area contributed by atoms with Crippen LogP contribution in [0.4, 0.5) is 9.18 Å². The van der Waals surface area contributed by atoms with E-state index in [1.54, 1.807) is 48.5 Å². The molecule has 2 aromatic rings. The van der Waals surface area contributed by atoms with E-state index in [0.29, 0.717) is 16.2 Å². The van der Waals surface area contributed by atoms with Gasteiger partial charge in [0, 0.05) is 11.6 Å². The Morgan fingerprint density at radius 2 is 1.85 bits per heavy atom. The number of hydrogen-bond acceptors (Lipinski definition) is 4. The van der Waals surface area contributed by atoms with Crippen molar-refractivity contribution in [3.63, 3.8) is 0 Å². The fourth-order valence-corrected chi connectivity index (χ4v) is 3.56. The Labute approximate surface area is 162 Å². The normalized spacial score (nSPS) is 16.9. The Morgan fingerprint density at radius 3 is 2.52 bits per heavy atom. The van der Waals surface area contributed by atoms with Crippen LogP contribution in [0.3, 0.4) is 0 Å². The SMILES string of the molecule is CC[C@@H](C)N1C(=O)S/C(=C/c2ccc(OCc3ccccc3F)cc2)C1=O. The second-order valence-corrected chi connectivity index (χ2v) is 7.25. The molecule has 0 aromatic heterocycles. The van der Waals surface area contributed by atoms with Gasteiger partial charge in [-0.2, -0.15) is 0 Å². The number of imide groups is 1. The predicted molar refractivity (Wildman–Crippen MR) is 105 cm³/mol. The maximum atomic E-state index is 13.6. The Bertz CT molecular complexity index is 879. The summed E-state index contributed by atoms with van der Waals surface area (Å²) in [5.41, 5.74) is 1.28. The number of nitrogens with zero attached hydrogens (tertiary/aromatic N) is 1. The van der Waals surface area contributed by atoms with E-state index in [0.717, 1.165) is 23.7 Å². The number of thioether (sulfide) groups is 1. The largest absolute Gasteiger partial charge is 0.489 e. The summed E-state index contributed by atoms with van der Waals surface area (Å²) in [5.74, 6) is 0.0495. The molecule has 2 aromatic carbocycles. The molecule has 0 unspecified atom stereocenters. The maximum absolute atomic E-state index is 13.6. The average molecular weight is 385 g/mol. The van der Waals surface area contributed by atoms with Crippen LogP contribution >= 0.6 is 11.8 Å². The summed E-state index contributed by atoms with van der Waals surface area (Å²) in [4.78, 5) is 26.2. The quantitative estimate of drug-likeness (QED) is 0.638. The van der Waals surface area contributed by atoms with Crippen LogP contribution in [-0.4, -0.2) is 22.1 Å². The van der Waals surface area contributed by atoms with E-state index in [4.69, 9.17) is 4.74 Å². The summed E-state index contributed by atoms with van der Waals surface area (Å²) in [5, 5.41) is -0.231. The van der Waals surface area contributed by atoms with Crippen molar-refractivity contribution >= 4 is 29.0 Å². The summed E-state index contributed by atoms with van der Waals surface area (Å²) in [7, 11) is 0. The zero-order valence-corrected chi connectivity index (χ0v) is 16.0. The van der Waals surface area contributed by atoms with Crippen LogP contribution in [0.15, 0.2) is 53.4 Å². The van der Waals surface area contributed by atoms with Gasteiger partial charge in [-0.1, -0.05) is 37.3 Å². The van der Waals surface area contributed by atoms with Crippen LogP contribution in [0.5, 0.6) is 5.75 Å². The van der Waals surface area contributed by atoms with Crippen molar-refractivity contribution in [2.75, 3.05) is 0 Å². The highest BCUT2D eigenvalue weighted by Gasteiger charge is 2.37. The summed E-state index contributed by atoms with van der Waals surface area (Å²) in [6.45, 7) is 3.94. The van der Waals surface area contributed by atoms with E-state index in [-0.39, 0.29) is 29.6 Å². The highest BCUT2D eigenvalue weighted by atomic mass is 32.2. The Morgan fingerprint density at radius 1 is 1.15 bits per heavy atom. The third kappa shape index (κ3) is 4.39. The monoisotopic (exact) mass is 385 g/mol. The van der Waals surface area contributed by atoms with Gasteiger partial charge >= 0.3 is 0 Å². The van der Waals surface area contributed by atoms with Gasteiger partial charge in [0.25, 0.3) is 11.1 Å². The minimum absolute atomic E-state index is 0.113. The molecule has 1 aliphatic rings. The number of benzene rings is 2. The van der Waals surface area contributed by atoms with Gasteiger partial charge in [-0.15, -0.1) is 0 Å². The lowest BCUT2D eigenvalue weighted by Crippen LogP contribution is -2.36. The van der Waals surface area contributed by atoms with Crippen molar-refractivity contribution in [3.05, 3.63) is 70.4 Å². The molecule has 0 spiro atoms. The third-order valence-electron chi connectivity index (χ3n) is 4.39. The van der Waals surface area contributed by atoms with Gasteiger partial charge in [0.05, 0.1) is 4.91 Å². The smallest absolute Gasteiger partial charge is 0.293 e. The van der Waals surface area contributed by atoms with Gasteiger partial charge in [-0.25, -0.2) is 4.39 Å². The van der Waals surface area contributed by atoms with Crippen LogP contribution in [0, 0.1) is 5.82 Å². The minimum atomic E-state index is -0.300. The molecular weight excluding hydrogens is 365 g/mol. The van der Waals surface area contributed by atoms with Crippen LogP contribution in [-0.2, 0) is 11.4 Å². The molecule has 1 atom stereocenters. The Hall–Kier alpha value is -2.60. The summed E-state index contributed by atoms with van der Waals surface area (Å²) >= 11 is 0.959. The number of rotatable bonds is 6. The molecule has 0 N–H and O–H groups in total. The zero-order chi connectivity index (χ0) is 19.4. The third-order valence-corrected chi connectivity index (χ3v) is 5.27. The van der Waals surface area contributed by atoms with Crippen molar-refractivity contribution in [3.8, 4) is 5.75 Å². The lowest BCUT2D eigenvalue weighted by molar-refractivity contribution is -0.124. The van der Waals surface area contributed by atoms with Crippen LogP contribution in [0.25, 0.3) is 6.08 Å². The first-order chi connectivity index (χ1) is 13.0. The van der Waals surface area contributed by atoms with Gasteiger partial charge in [-0.3, -0.25) is 14.5 Å². The van der Waals surface area contributed by atoms with Gasteiger partial charge in [-0.05, 0) is 54.9 Å². The number of carbonyl (C=O) groups is 2. The highest BCUT2D eigenvalue weighted by Crippen LogP contribution is 2.34. The highest BCUT2D eigenvalue weighted by molar-refractivity contribution is 8.18. The molecule has 1 heterocycles. The van der Waals surface area contributed by atoms with Gasteiger partial charge in [0.1, 0.15) is 18.2 Å². The minimum Gasteiger partial charge on any atom is -0.489 e.